The van der Waals surface area contributed by atoms with Gasteiger partial charge in [0.25, 0.3) is 6.02 Å². The molecule has 5 rings (SSSR count). The summed E-state index contributed by atoms with van der Waals surface area (Å²) in [6.07, 6.45) is 6.44. The average molecular weight is 418 g/mol. The molecule has 1 aromatic carbocycles. The first-order valence-electron chi connectivity index (χ1n) is 10.8. The van der Waals surface area contributed by atoms with Gasteiger partial charge in [-0.15, -0.1) is 0 Å². The summed E-state index contributed by atoms with van der Waals surface area (Å²) in [6.45, 7) is 4.53. The minimum Gasteiger partial charge on any atom is -0.490 e. The zero-order valence-corrected chi connectivity index (χ0v) is 17.7. The van der Waals surface area contributed by atoms with Gasteiger partial charge in [0.15, 0.2) is 0 Å². The summed E-state index contributed by atoms with van der Waals surface area (Å²) in [7, 11) is 0. The number of hydrogen-bond acceptors (Lipinski definition) is 7. The molecule has 2 N–H and O–H groups in total. The Morgan fingerprint density at radius 1 is 1.23 bits per heavy atom. The van der Waals surface area contributed by atoms with Crippen LogP contribution in [0.5, 0.6) is 5.75 Å². The summed E-state index contributed by atoms with van der Waals surface area (Å²) in [4.78, 5) is 9.06. The van der Waals surface area contributed by atoms with E-state index in [2.05, 4.69) is 31.0 Å². The lowest BCUT2D eigenvalue weighted by atomic mass is 9.67. The second kappa shape index (κ2) is 7.54. The van der Waals surface area contributed by atoms with Gasteiger partial charge >= 0.3 is 0 Å². The Hall–Kier alpha value is -3.11. The van der Waals surface area contributed by atoms with Crippen LogP contribution in [0.4, 0.5) is 0 Å². The molecular formula is C24H26N4O3. The topological polar surface area (TPSA) is 103 Å². The maximum atomic E-state index is 9.24. The molecule has 0 saturated heterocycles. The largest absolute Gasteiger partial charge is 0.490 e. The van der Waals surface area contributed by atoms with Gasteiger partial charge in [0, 0.05) is 29.4 Å². The molecule has 2 aliphatic heterocycles. The second-order valence-electron chi connectivity index (χ2n) is 8.83. The summed E-state index contributed by atoms with van der Waals surface area (Å²) in [6, 6.07) is 10.3. The quantitative estimate of drug-likeness (QED) is 0.818. The third kappa shape index (κ3) is 3.41. The number of nitrogens with two attached hydrogens (primary N) is 1. The highest BCUT2D eigenvalue weighted by molar-refractivity contribution is 5.75. The molecule has 0 radical (unpaired) electrons. The van der Waals surface area contributed by atoms with Crippen molar-refractivity contribution in [3.05, 3.63) is 47.8 Å². The fourth-order valence-electron chi connectivity index (χ4n) is 5.20. The molecule has 1 aliphatic carbocycles. The van der Waals surface area contributed by atoms with Crippen molar-refractivity contribution in [1.82, 2.24) is 4.98 Å². The van der Waals surface area contributed by atoms with Crippen LogP contribution in [0.2, 0.25) is 0 Å². The molecule has 0 bridgehead atoms. The normalized spacial score (nSPS) is 28.8. The molecular weight excluding hydrogens is 392 g/mol. The van der Waals surface area contributed by atoms with E-state index >= 15 is 0 Å². The minimum absolute atomic E-state index is 0.0483. The van der Waals surface area contributed by atoms with Gasteiger partial charge in [0.05, 0.1) is 17.8 Å². The molecule has 1 spiro atoms. The van der Waals surface area contributed by atoms with E-state index in [0.29, 0.717) is 12.2 Å². The van der Waals surface area contributed by atoms with Crippen LogP contribution in [-0.4, -0.2) is 35.9 Å². The molecule has 160 valence electrons. The molecule has 2 aromatic rings. The molecule has 31 heavy (non-hydrogen) atoms. The summed E-state index contributed by atoms with van der Waals surface area (Å²) in [5, 5.41) is 9.24. The molecule has 4 atom stereocenters. The highest BCUT2D eigenvalue weighted by Crippen LogP contribution is 2.53. The molecule has 3 heterocycles. The fourth-order valence-corrected chi connectivity index (χ4v) is 5.20. The predicted octanol–water partition coefficient (Wildman–Crippen LogP) is 3.52. The number of aliphatic imine (C=N–C) groups is 1. The Kier molecular flexibility index (Phi) is 4.82. The standard InChI is InChI=1S/C24H26N4O3/c1-14(2)30-18-4-6-22-20(9-18)24(13-29-23(26)28-24)19-8-16(3-5-21(19)31-22)17-7-15(10-25)11-27-12-17/h3,5,7-8,11-12,14,18,20,22H,4,6,9,13H2,1-2H3,(H2,26,28)/t18-,20+,22?,24+/m1/s1. The number of benzene rings is 1. The monoisotopic (exact) mass is 418 g/mol. The van der Waals surface area contributed by atoms with E-state index in [4.69, 9.17) is 24.9 Å². The Morgan fingerprint density at radius 3 is 2.84 bits per heavy atom. The minimum atomic E-state index is -0.600. The van der Waals surface area contributed by atoms with E-state index in [1.165, 1.54) is 0 Å². The van der Waals surface area contributed by atoms with Crippen molar-refractivity contribution in [1.29, 1.82) is 5.26 Å². The third-order valence-corrected chi connectivity index (χ3v) is 6.49. The molecule has 3 aliphatic rings. The van der Waals surface area contributed by atoms with Crippen molar-refractivity contribution < 1.29 is 14.2 Å². The first kappa shape index (κ1) is 19.8. The van der Waals surface area contributed by atoms with E-state index in [-0.39, 0.29) is 30.3 Å². The van der Waals surface area contributed by atoms with Crippen LogP contribution >= 0.6 is 0 Å². The van der Waals surface area contributed by atoms with Crippen LogP contribution in [0.3, 0.4) is 0 Å². The van der Waals surface area contributed by atoms with Crippen LogP contribution in [0.25, 0.3) is 11.1 Å². The maximum absolute atomic E-state index is 9.24. The number of rotatable bonds is 3. The molecule has 7 nitrogen and oxygen atoms in total. The number of aromatic nitrogens is 1. The molecule has 1 unspecified atom stereocenters. The smallest absolute Gasteiger partial charge is 0.283 e. The number of nitrogens with zero attached hydrogens (tertiary/aromatic N) is 3. The van der Waals surface area contributed by atoms with Gasteiger partial charge in [0.1, 0.15) is 30.1 Å². The lowest BCUT2D eigenvalue weighted by Crippen LogP contribution is -2.52. The zero-order chi connectivity index (χ0) is 21.6. The van der Waals surface area contributed by atoms with Gasteiger partial charge in [-0.05, 0) is 56.9 Å². The maximum Gasteiger partial charge on any atom is 0.283 e. The van der Waals surface area contributed by atoms with Crippen LogP contribution in [0.15, 0.2) is 41.7 Å². The summed E-state index contributed by atoms with van der Waals surface area (Å²) < 4.78 is 18.3. The number of pyridine rings is 1. The number of amidine groups is 1. The van der Waals surface area contributed by atoms with Crippen molar-refractivity contribution in [2.24, 2.45) is 16.6 Å². The van der Waals surface area contributed by atoms with Crippen molar-refractivity contribution in [2.45, 2.75) is 57.0 Å². The third-order valence-electron chi connectivity index (χ3n) is 6.49. The van der Waals surface area contributed by atoms with Gasteiger partial charge in [-0.25, -0.2) is 4.99 Å². The van der Waals surface area contributed by atoms with E-state index in [9.17, 15) is 5.26 Å². The first-order chi connectivity index (χ1) is 15.0. The lowest BCUT2D eigenvalue weighted by Gasteiger charge is -2.48. The highest BCUT2D eigenvalue weighted by Gasteiger charge is 2.55. The van der Waals surface area contributed by atoms with Crippen molar-refractivity contribution in [3.63, 3.8) is 0 Å². The Bertz CT molecular complexity index is 1080. The van der Waals surface area contributed by atoms with Gasteiger partial charge in [-0.3, -0.25) is 4.98 Å². The van der Waals surface area contributed by atoms with E-state index in [1.807, 2.05) is 18.2 Å². The Morgan fingerprint density at radius 2 is 2.10 bits per heavy atom. The number of hydrogen-bond donors (Lipinski definition) is 1. The number of nitriles is 1. The van der Waals surface area contributed by atoms with Crippen molar-refractivity contribution >= 4 is 6.02 Å². The summed E-state index contributed by atoms with van der Waals surface area (Å²) >= 11 is 0. The van der Waals surface area contributed by atoms with Crippen LogP contribution in [0, 0.1) is 17.2 Å². The number of ether oxygens (including phenoxy) is 3. The van der Waals surface area contributed by atoms with Crippen molar-refractivity contribution in [2.75, 3.05) is 6.61 Å². The van der Waals surface area contributed by atoms with Crippen LogP contribution < -0.4 is 10.5 Å². The van der Waals surface area contributed by atoms with Gasteiger partial charge in [0.2, 0.25) is 0 Å². The number of fused-ring (bicyclic) bond motifs is 4. The summed E-state index contributed by atoms with van der Waals surface area (Å²) in [5.74, 6) is 0.928. The zero-order valence-electron chi connectivity index (χ0n) is 17.7. The van der Waals surface area contributed by atoms with E-state index in [1.54, 1.807) is 12.4 Å². The van der Waals surface area contributed by atoms with Gasteiger partial charge in [-0.1, -0.05) is 6.07 Å². The molecule has 1 fully saturated rings. The highest BCUT2D eigenvalue weighted by atomic mass is 16.5. The summed E-state index contributed by atoms with van der Waals surface area (Å²) in [5.41, 5.74) is 8.75. The van der Waals surface area contributed by atoms with E-state index in [0.717, 1.165) is 41.7 Å². The molecule has 0 amide bonds. The molecule has 1 aromatic heterocycles. The van der Waals surface area contributed by atoms with Crippen molar-refractivity contribution in [3.8, 4) is 22.9 Å². The SMILES string of the molecule is CC(C)O[C@@H]1CCC2Oc3ccc(-c4cncc(C#N)c4)cc3[C@@]3(COC(N)=N3)[C@H]2C1. The van der Waals surface area contributed by atoms with E-state index < -0.39 is 5.54 Å². The predicted molar refractivity (Wildman–Crippen MR) is 115 cm³/mol. The van der Waals surface area contributed by atoms with Crippen LogP contribution in [0.1, 0.15) is 44.2 Å². The van der Waals surface area contributed by atoms with Gasteiger partial charge in [-0.2, -0.15) is 5.26 Å². The first-order valence-corrected chi connectivity index (χ1v) is 10.8. The molecule has 1 saturated carbocycles. The average Bonchev–Trinajstić information content (AvgIpc) is 3.16. The second-order valence-corrected chi connectivity index (χ2v) is 8.83. The van der Waals surface area contributed by atoms with Gasteiger partial charge < -0.3 is 19.9 Å². The fraction of sp³-hybridized carbons (Fsp3) is 0.458. The van der Waals surface area contributed by atoms with Crippen LogP contribution in [-0.2, 0) is 15.0 Å². The lowest BCUT2D eigenvalue weighted by molar-refractivity contribution is -0.0791. The Balaban J connectivity index is 1.59. The molecule has 7 heteroatoms. The Labute approximate surface area is 181 Å².